The average molecular weight is 375 g/mol. The van der Waals surface area contributed by atoms with E-state index in [1.807, 2.05) is 0 Å². The molecule has 27 heavy (non-hydrogen) atoms. The Kier molecular flexibility index (Phi) is 7.02. The van der Waals surface area contributed by atoms with E-state index >= 15 is 0 Å². The van der Waals surface area contributed by atoms with Gasteiger partial charge >= 0.3 is 0 Å². The Hall–Kier alpha value is -1.06. The lowest BCUT2D eigenvalue weighted by molar-refractivity contribution is 0.159. The molecule has 1 aromatic carbocycles. The number of benzene rings is 1. The van der Waals surface area contributed by atoms with Crippen molar-refractivity contribution < 1.29 is 5.11 Å². The minimum absolute atomic E-state index is 0.0772. The van der Waals surface area contributed by atoms with Crippen LogP contribution in [-0.4, -0.2) is 36.2 Å². The molecule has 1 saturated heterocycles. The number of hydrogen-bond donors (Lipinski definition) is 2. The number of aromatic hydroxyl groups is 1. The topological polar surface area (TPSA) is 35.5 Å². The van der Waals surface area contributed by atoms with E-state index in [1.54, 1.807) is 0 Å². The Balaban J connectivity index is 2.55. The summed E-state index contributed by atoms with van der Waals surface area (Å²) < 4.78 is 0. The first-order chi connectivity index (χ1) is 12.4. The number of nitrogens with zero attached hydrogens (tertiary/aromatic N) is 1. The zero-order valence-corrected chi connectivity index (χ0v) is 18.9. The number of rotatable bonds is 5. The molecule has 0 spiro atoms. The number of phenolic OH excluding ortho intramolecular Hbond substituents is 1. The zero-order chi connectivity index (χ0) is 20.4. The van der Waals surface area contributed by atoms with Crippen molar-refractivity contribution in [3.8, 4) is 5.75 Å². The van der Waals surface area contributed by atoms with E-state index in [4.69, 9.17) is 0 Å². The fourth-order valence-corrected chi connectivity index (χ4v) is 4.04. The van der Waals surface area contributed by atoms with Crippen molar-refractivity contribution in [3.05, 3.63) is 28.8 Å². The molecule has 1 fully saturated rings. The van der Waals surface area contributed by atoms with Gasteiger partial charge in [0.1, 0.15) is 5.75 Å². The largest absolute Gasteiger partial charge is 0.507 e. The first-order valence-electron chi connectivity index (χ1n) is 10.7. The molecular weight excluding hydrogens is 332 g/mol. The Morgan fingerprint density at radius 1 is 0.926 bits per heavy atom. The fraction of sp³-hybridized carbons (Fsp3) is 0.750. The molecule has 0 aromatic heterocycles. The van der Waals surface area contributed by atoms with E-state index < -0.39 is 0 Å². The lowest BCUT2D eigenvalue weighted by atomic mass is 9.77. The zero-order valence-electron chi connectivity index (χ0n) is 18.9. The van der Waals surface area contributed by atoms with Gasteiger partial charge in [0.2, 0.25) is 0 Å². The smallest absolute Gasteiger partial charge is 0.123 e. The normalized spacial score (nSPS) is 18.1. The molecule has 154 valence electrons. The molecule has 0 unspecified atom stereocenters. The van der Waals surface area contributed by atoms with Crippen LogP contribution in [0.3, 0.4) is 0 Å². The van der Waals surface area contributed by atoms with Gasteiger partial charge in [-0.25, -0.2) is 0 Å². The van der Waals surface area contributed by atoms with Crippen molar-refractivity contribution in [2.45, 2.75) is 85.1 Å². The molecule has 0 radical (unpaired) electrons. The maximum absolute atomic E-state index is 11.1. The molecule has 0 saturated carbocycles. The minimum atomic E-state index is -0.0772. The monoisotopic (exact) mass is 374 g/mol. The predicted octanol–water partition coefficient (Wildman–Crippen LogP) is 5.37. The van der Waals surface area contributed by atoms with Gasteiger partial charge in [0.05, 0.1) is 0 Å². The second-order valence-corrected chi connectivity index (χ2v) is 10.7. The second kappa shape index (κ2) is 8.53. The highest BCUT2D eigenvalue weighted by atomic mass is 16.3. The molecule has 1 aliphatic rings. The van der Waals surface area contributed by atoms with Gasteiger partial charge in [-0.3, -0.25) is 4.90 Å². The third kappa shape index (κ3) is 5.71. The average Bonchev–Trinajstić information content (AvgIpc) is 2.54. The molecule has 1 aliphatic heterocycles. The SMILES string of the molecule is CC(C)CC[C@H](c1cc(C(C)(C)C)c(O)c(C(C)(C)C)c1)N1CCNCC1. The van der Waals surface area contributed by atoms with Gasteiger partial charge in [0.25, 0.3) is 0 Å². The van der Waals surface area contributed by atoms with Gasteiger partial charge in [0.15, 0.2) is 0 Å². The first kappa shape index (κ1) is 22.2. The maximum atomic E-state index is 11.1. The molecule has 1 heterocycles. The van der Waals surface area contributed by atoms with Gasteiger partial charge in [-0.1, -0.05) is 55.4 Å². The number of phenols is 1. The van der Waals surface area contributed by atoms with Crippen LogP contribution in [0.5, 0.6) is 5.75 Å². The van der Waals surface area contributed by atoms with Crippen LogP contribution < -0.4 is 5.32 Å². The van der Waals surface area contributed by atoms with Crippen molar-refractivity contribution in [1.82, 2.24) is 10.2 Å². The Morgan fingerprint density at radius 2 is 1.41 bits per heavy atom. The van der Waals surface area contributed by atoms with Gasteiger partial charge < -0.3 is 10.4 Å². The third-order valence-corrected chi connectivity index (χ3v) is 5.74. The van der Waals surface area contributed by atoms with E-state index in [2.05, 4.69) is 77.7 Å². The summed E-state index contributed by atoms with van der Waals surface area (Å²) in [5.41, 5.74) is 3.38. The van der Waals surface area contributed by atoms with E-state index in [-0.39, 0.29) is 10.8 Å². The number of nitrogens with one attached hydrogen (secondary N) is 1. The summed E-state index contributed by atoms with van der Waals surface area (Å²) in [6.07, 6.45) is 2.40. The molecule has 2 rings (SSSR count). The third-order valence-electron chi connectivity index (χ3n) is 5.74. The van der Waals surface area contributed by atoms with Crippen LogP contribution in [0, 0.1) is 5.92 Å². The lowest BCUT2D eigenvalue weighted by Crippen LogP contribution is -2.45. The van der Waals surface area contributed by atoms with Crippen LogP contribution in [0.1, 0.15) is 91.0 Å². The van der Waals surface area contributed by atoms with Crippen LogP contribution >= 0.6 is 0 Å². The molecule has 0 amide bonds. The Morgan fingerprint density at radius 3 is 1.81 bits per heavy atom. The Bertz CT molecular complexity index is 581. The lowest BCUT2D eigenvalue weighted by Gasteiger charge is -2.37. The van der Waals surface area contributed by atoms with Crippen LogP contribution in [-0.2, 0) is 10.8 Å². The van der Waals surface area contributed by atoms with E-state index in [1.165, 1.54) is 18.4 Å². The van der Waals surface area contributed by atoms with Crippen LogP contribution in [0.15, 0.2) is 12.1 Å². The summed E-state index contributed by atoms with van der Waals surface area (Å²) in [6.45, 7) is 22.1. The predicted molar refractivity (Wildman–Crippen MR) is 117 cm³/mol. The fourth-order valence-electron chi connectivity index (χ4n) is 4.04. The van der Waals surface area contributed by atoms with Crippen LogP contribution in [0.2, 0.25) is 0 Å². The van der Waals surface area contributed by atoms with Gasteiger partial charge in [-0.15, -0.1) is 0 Å². The van der Waals surface area contributed by atoms with Crippen molar-refractivity contribution in [1.29, 1.82) is 0 Å². The minimum Gasteiger partial charge on any atom is -0.507 e. The molecule has 3 heteroatoms. The summed E-state index contributed by atoms with van der Waals surface area (Å²) in [5, 5.41) is 14.6. The molecule has 0 aliphatic carbocycles. The number of piperazine rings is 1. The summed E-state index contributed by atoms with van der Waals surface area (Å²) in [6, 6.07) is 5.01. The summed E-state index contributed by atoms with van der Waals surface area (Å²) in [5.74, 6) is 1.19. The van der Waals surface area contributed by atoms with Crippen molar-refractivity contribution in [3.63, 3.8) is 0 Å². The molecule has 3 nitrogen and oxygen atoms in total. The van der Waals surface area contributed by atoms with E-state index in [0.29, 0.717) is 17.7 Å². The van der Waals surface area contributed by atoms with Crippen LogP contribution in [0.25, 0.3) is 0 Å². The first-order valence-corrected chi connectivity index (χ1v) is 10.7. The quantitative estimate of drug-likeness (QED) is 0.727. The summed E-state index contributed by atoms with van der Waals surface area (Å²) in [7, 11) is 0. The van der Waals surface area contributed by atoms with Crippen LogP contribution in [0.4, 0.5) is 0 Å². The highest BCUT2D eigenvalue weighted by Gasteiger charge is 2.30. The Labute approximate surface area is 167 Å². The molecular formula is C24H42N2O. The standard InChI is InChI=1S/C24H42N2O/c1-17(2)9-10-21(26-13-11-25-12-14-26)18-15-19(23(3,4)5)22(27)20(16-18)24(6,7)8/h15-17,21,25,27H,9-14H2,1-8H3/t21-/m1/s1. The molecule has 1 atom stereocenters. The summed E-state index contributed by atoms with van der Waals surface area (Å²) >= 11 is 0. The number of hydrogen-bond acceptors (Lipinski definition) is 3. The molecule has 1 aromatic rings. The van der Waals surface area contributed by atoms with Gasteiger partial charge in [-0.2, -0.15) is 0 Å². The highest BCUT2D eigenvalue weighted by Crippen LogP contribution is 2.42. The summed E-state index contributed by atoms with van der Waals surface area (Å²) in [4.78, 5) is 2.64. The van der Waals surface area contributed by atoms with Crippen molar-refractivity contribution >= 4 is 0 Å². The van der Waals surface area contributed by atoms with Crippen molar-refractivity contribution in [2.24, 2.45) is 5.92 Å². The molecule has 2 N–H and O–H groups in total. The van der Waals surface area contributed by atoms with E-state index in [9.17, 15) is 5.11 Å². The second-order valence-electron chi connectivity index (χ2n) is 10.7. The van der Waals surface area contributed by atoms with Crippen molar-refractivity contribution in [2.75, 3.05) is 26.2 Å². The van der Waals surface area contributed by atoms with Gasteiger partial charge in [0, 0.05) is 32.2 Å². The van der Waals surface area contributed by atoms with Gasteiger partial charge in [-0.05, 0) is 58.4 Å². The van der Waals surface area contributed by atoms with E-state index in [0.717, 1.165) is 37.3 Å². The highest BCUT2D eigenvalue weighted by molar-refractivity contribution is 5.50. The maximum Gasteiger partial charge on any atom is 0.123 e. The molecule has 0 bridgehead atoms.